The van der Waals surface area contributed by atoms with Gasteiger partial charge in [-0.25, -0.2) is 4.99 Å². The van der Waals surface area contributed by atoms with Gasteiger partial charge in [0.25, 0.3) is 0 Å². The summed E-state index contributed by atoms with van der Waals surface area (Å²) in [4.78, 5) is 4.76. The summed E-state index contributed by atoms with van der Waals surface area (Å²) in [6.45, 7) is 7.31. The van der Waals surface area contributed by atoms with E-state index in [9.17, 15) is 0 Å². The van der Waals surface area contributed by atoms with E-state index in [0.29, 0.717) is 6.54 Å². The lowest BCUT2D eigenvalue weighted by molar-refractivity contribution is 0.411. The maximum Gasteiger partial charge on any atom is 0.192 e. The minimum atomic E-state index is 0. The number of nitrogens with zero attached hydrogens (tertiary/aromatic N) is 4. The van der Waals surface area contributed by atoms with Crippen molar-refractivity contribution < 1.29 is 4.74 Å². The van der Waals surface area contributed by atoms with E-state index in [1.54, 1.807) is 7.11 Å². The highest BCUT2D eigenvalue weighted by Gasteiger charge is 2.10. The SMILES string of the molecule is COc1cc(CCNC(=NCc2nnc(C)n2C)NC(C)c2ccccc2)ccc1C.I. The van der Waals surface area contributed by atoms with E-state index >= 15 is 0 Å². The number of halogens is 1. The van der Waals surface area contributed by atoms with E-state index in [-0.39, 0.29) is 30.0 Å². The zero-order valence-corrected chi connectivity index (χ0v) is 21.8. The van der Waals surface area contributed by atoms with Gasteiger partial charge in [-0.15, -0.1) is 34.2 Å². The molecule has 1 unspecified atom stereocenters. The molecule has 2 aromatic carbocycles. The van der Waals surface area contributed by atoms with Crippen LogP contribution in [0.15, 0.2) is 53.5 Å². The van der Waals surface area contributed by atoms with Crippen molar-refractivity contribution in [1.82, 2.24) is 25.4 Å². The average Bonchev–Trinajstić information content (AvgIpc) is 3.11. The fraction of sp³-hybridized carbons (Fsp3) is 0.375. The second-order valence-corrected chi connectivity index (χ2v) is 7.64. The summed E-state index contributed by atoms with van der Waals surface area (Å²) in [6, 6.07) is 16.8. The van der Waals surface area contributed by atoms with Crippen LogP contribution in [0, 0.1) is 13.8 Å². The molecule has 0 bridgehead atoms. The maximum absolute atomic E-state index is 5.44. The Balaban J connectivity index is 0.00000363. The van der Waals surface area contributed by atoms with E-state index in [1.807, 2.05) is 36.7 Å². The second-order valence-electron chi connectivity index (χ2n) is 7.64. The molecule has 172 valence electrons. The molecule has 1 heterocycles. The number of aryl methyl sites for hydroxylation is 2. The number of methoxy groups -OCH3 is 1. The highest BCUT2D eigenvalue weighted by atomic mass is 127. The van der Waals surface area contributed by atoms with Gasteiger partial charge in [-0.05, 0) is 49.9 Å². The molecule has 0 fully saturated rings. The van der Waals surface area contributed by atoms with Crippen LogP contribution in [0.2, 0.25) is 0 Å². The molecular formula is C24H33IN6O. The Kier molecular flexibility index (Phi) is 9.96. The fourth-order valence-corrected chi connectivity index (χ4v) is 3.27. The van der Waals surface area contributed by atoms with E-state index in [0.717, 1.165) is 41.9 Å². The summed E-state index contributed by atoms with van der Waals surface area (Å²) >= 11 is 0. The van der Waals surface area contributed by atoms with E-state index in [4.69, 9.17) is 9.73 Å². The van der Waals surface area contributed by atoms with Crippen molar-refractivity contribution in [2.24, 2.45) is 12.0 Å². The van der Waals surface area contributed by atoms with Crippen LogP contribution in [-0.4, -0.2) is 34.4 Å². The molecule has 1 aromatic heterocycles. The van der Waals surface area contributed by atoms with Crippen LogP contribution in [0.4, 0.5) is 0 Å². The molecule has 8 heteroatoms. The highest BCUT2D eigenvalue weighted by molar-refractivity contribution is 14.0. The number of aromatic nitrogens is 3. The fourth-order valence-electron chi connectivity index (χ4n) is 3.27. The molecule has 0 radical (unpaired) electrons. The number of ether oxygens (including phenoxy) is 1. The predicted molar refractivity (Wildman–Crippen MR) is 140 cm³/mol. The third-order valence-corrected chi connectivity index (χ3v) is 5.39. The minimum Gasteiger partial charge on any atom is -0.496 e. The van der Waals surface area contributed by atoms with Crippen LogP contribution in [0.3, 0.4) is 0 Å². The molecule has 0 aliphatic heterocycles. The molecule has 32 heavy (non-hydrogen) atoms. The minimum absolute atomic E-state index is 0. The Morgan fingerprint density at radius 1 is 1.12 bits per heavy atom. The maximum atomic E-state index is 5.44. The lowest BCUT2D eigenvalue weighted by Crippen LogP contribution is -2.39. The molecule has 1 atom stereocenters. The average molecular weight is 548 g/mol. The topological polar surface area (TPSA) is 76.4 Å². The van der Waals surface area contributed by atoms with Gasteiger partial charge >= 0.3 is 0 Å². The Morgan fingerprint density at radius 2 is 1.88 bits per heavy atom. The summed E-state index contributed by atoms with van der Waals surface area (Å²) in [5, 5.41) is 15.3. The summed E-state index contributed by atoms with van der Waals surface area (Å²) in [5.41, 5.74) is 3.56. The third-order valence-electron chi connectivity index (χ3n) is 5.39. The van der Waals surface area contributed by atoms with Crippen molar-refractivity contribution in [1.29, 1.82) is 0 Å². The smallest absolute Gasteiger partial charge is 0.192 e. The summed E-state index contributed by atoms with van der Waals surface area (Å²) in [5.74, 6) is 3.36. The summed E-state index contributed by atoms with van der Waals surface area (Å²) < 4.78 is 7.40. The third kappa shape index (κ3) is 6.94. The number of hydrogen-bond donors (Lipinski definition) is 2. The van der Waals surface area contributed by atoms with Gasteiger partial charge in [0.1, 0.15) is 18.1 Å². The first kappa shape index (κ1) is 25.6. The van der Waals surface area contributed by atoms with Gasteiger partial charge in [-0.3, -0.25) is 0 Å². The van der Waals surface area contributed by atoms with Gasteiger partial charge in [-0.1, -0.05) is 42.5 Å². The van der Waals surface area contributed by atoms with E-state index in [2.05, 4.69) is 65.0 Å². The Hall–Kier alpha value is -2.62. The quantitative estimate of drug-likeness (QED) is 0.252. The van der Waals surface area contributed by atoms with Gasteiger partial charge in [-0.2, -0.15) is 0 Å². The van der Waals surface area contributed by atoms with E-state index < -0.39 is 0 Å². The Morgan fingerprint density at radius 3 is 2.53 bits per heavy atom. The molecule has 0 spiro atoms. The van der Waals surface area contributed by atoms with Crippen LogP contribution in [0.5, 0.6) is 5.75 Å². The van der Waals surface area contributed by atoms with Gasteiger partial charge in [0.2, 0.25) is 0 Å². The lowest BCUT2D eigenvalue weighted by atomic mass is 10.1. The Bertz CT molecular complexity index is 1020. The summed E-state index contributed by atoms with van der Waals surface area (Å²) in [6.07, 6.45) is 0.861. The molecule has 3 rings (SSSR count). The lowest BCUT2D eigenvalue weighted by Gasteiger charge is -2.19. The zero-order valence-electron chi connectivity index (χ0n) is 19.4. The first-order valence-corrected chi connectivity index (χ1v) is 10.6. The first-order chi connectivity index (χ1) is 15.0. The molecule has 0 amide bonds. The molecule has 3 aromatic rings. The van der Waals surface area contributed by atoms with Gasteiger partial charge in [0.05, 0.1) is 13.2 Å². The van der Waals surface area contributed by atoms with Crippen LogP contribution in [0.25, 0.3) is 0 Å². The molecule has 2 N–H and O–H groups in total. The van der Waals surface area contributed by atoms with Crippen LogP contribution >= 0.6 is 24.0 Å². The zero-order chi connectivity index (χ0) is 22.2. The molecule has 0 aliphatic rings. The number of nitrogens with one attached hydrogen (secondary N) is 2. The highest BCUT2D eigenvalue weighted by Crippen LogP contribution is 2.19. The van der Waals surface area contributed by atoms with Crippen LogP contribution in [0.1, 0.15) is 41.3 Å². The van der Waals surface area contributed by atoms with Gasteiger partial charge < -0.3 is 19.9 Å². The van der Waals surface area contributed by atoms with Crippen molar-refractivity contribution >= 4 is 29.9 Å². The molecule has 0 aliphatic carbocycles. The summed E-state index contributed by atoms with van der Waals surface area (Å²) in [7, 11) is 3.66. The predicted octanol–water partition coefficient (Wildman–Crippen LogP) is 4.10. The van der Waals surface area contributed by atoms with Crippen LogP contribution in [-0.2, 0) is 20.0 Å². The van der Waals surface area contributed by atoms with Crippen LogP contribution < -0.4 is 15.4 Å². The monoisotopic (exact) mass is 548 g/mol. The van der Waals surface area contributed by atoms with Crippen molar-refractivity contribution in [2.45, 2.75) is 39.8 Å². The number of guanidine groups is 1. The van der Waals surface area contributed by atoms with Crippen molar-refractivity contribution in [3.63, 3.8) is 0 Å². The molecule has 7 nitrogen and oxygen atoms in total. The second kappa shape index (κ2) is 12.4. The standard InChI is InChI=1S/C24H32N6O.HI/c1-17-11-12-20(15-22(17)31-5)13-14-25-24(26-16-23-29-28-19(3)30(23)4)27-18(2)21-9-7-6-8-10-21;/h6-12,15,18H,13-14,16H2,1-5H3,(H2,25,26,27);1H. The largest absolute Gasteiger partial charge is 0.496 e. The van der Waals surface area contributed by atoms with Crippen molar-refractivity contribution in [2.75, 3.05) is 13.7 Å². The molecule has 0 saturated heterocycles. The van der Waals surface area contributed by atoms with E-state index in [1.165, 1.54) is 11.1 Å². The van der Waals surface area contributed by atoms with Crippen molar-refractivity contribution in [3.8, 4) is 5.75 Å². The number of hydrogen-bond acceptors (Lipinski definition) is 4. The normalized spacial score (nSPS) is 12.1. The van der Waals surface area contributed by atoms with Gasteiger partial charge in [0, 0.05) is 13.6 Å². The first-order valence-electron chi connectivity index (χ1n) is 10.6. The number of aliphatic imine (C=N–C) groups is 1. The van der Waals surface area contributed by atoms with Crippen molar-refractivity contribution in [3.05, 3.63) is 76.9 Å². The molecular weight excluding hydrogens is 515 g/mol. The number of benzene rings is 2. The van der Waals surface area contributed by atoms with Gasteiger partial charge in [0.15, 0.2) is 11.8 Å². The molecule has 0 saturated carbocycles. The number of rotatable bonds is 8. The Labute approximate surface area is 207 Å².